The third-order valence-corrected chi connectivity index (χ3v) is 5.38. The Balaban J connectivity index is 2.44. The number of hydrogen-bond donors (Lipinski definition) is 1. The molecule has 1 N–H and O–H groups in total. The van der Waals surface area contributed by atoms with Gasteiger partial charge in [-0.15, -0.1) is 0 Å². The molecule has 0 aromatic heterocycles. The highest BCUT2D eigenvalue weighted by Crippen LogP contribution is 2.33. The van der Waals surface area contributed by atoms with Crippen LogP contribution in [0.15, 0.2) is 21.1 Å². The lowest BCUT2D eigenvalue weighted by atomic mass is 10.2. The molecule has 0 saturated carbocycles. The summed E-state index contributed by atoms with van der Waals surface area (Å²) < 4.78 is 8.04. The molecule has 1 aromatic carbocycles. The highest BCUT2D eigenvalue weighted by Gasteiger charge is 2.10. The number of ether oxygens (including phenoxy) is 1. The fraction of sp³-hybridized carbons (Fsp3) is 0.714. The summed E-state index contributed by atoms with van der Waals surface area (Å²) in [6.07, 6.45) is 7.37. The van der Waals surface area contributed by atoms with Crippen molar-refractivity contribution in [3.63, 3.8) is 0 Å². The van der Waals surface area contributed by atoms with E-state index in [-0.39, 0.29) is 0 Å². The second kappa shape index (κ2) is 14.9. The zero-order valence-corrected chi connectivity index (χ0v) is 19.9. The van der Waals surface area contributed by atoms with Crippen LogP contribution in [0.3, 0.4) is 0 Å². The van der Waals surface area contributed by atoms with E-state index in [9.17, 15) is 0 Å². The third kappa shape index (κ3) is 9.72. The topological polar surface area (TPSA) is 24.5 Å². The van der Waals surface area contributed by atoms with Crippen LogP contribution in [-0.4, -0.2) is 37.7 Å². The Labute approximate surface area is 177 Å². The molecule has 5 heteroatoms. The first-order valence-corrected chi connectivity index (χ1v) is 11.7. The standard InChI is InChI=1S/C21H36Br2N2O/c1-4-7-11-25(12-8-5-2)13-9-10-24-17-18-15-19(22)16-20(23)21(18)26-14-6-3/h15-16,24H,4-14,17H2,1-3H3. The van der Waals surface area contributed by atoms with E-state index in [2.05, 4.69) is 68.9 Å². The maximum Gasteiger partial charge on any atom is 0.138 e. The number of nitrogens with one attached hydrogen (secondary N) is 1. The Morgan fingerprint density at radius 2 is 1.58 bits per heavy atom. The van der Waals surface area contributed by atoms with Crippen LogP contribution in [0.25, 0.3) is 0 Å². The van der Waals surface area contributed by atoms with Crippen molar-refractivity contribution in [2.24, 2.45) is 0 Å². The maximum atomic E-state index is 5.94. The Hall–Kier alpha value is -0.100. The Morgan fingerprint density at radius 3 is 2.19 bits per heavy atom. The average molecular weight is 492 g/mol. The molecule has 1 rings (SSSR count). The largest absolute Gasteiger partial charge is 0.492 e. The molecule has 0 aliphatic rings. The van der Waals surface area contributed by atoms with Crippen molar-refractivity contribution in [2.75, 3.05) is 32.8 Å². The van der Waals surface area contributed by atoms with E-state index in [4.69, 9.17) is 4.74 Å². The Kier molecular flexibility index (Phi) is 13.7. The molecule has 0 heterocycles. The van der Waals surface area contributed by atoms with Gasteiger partial charge in [-0.05, 0) is 79.9 Å². The number of halogens is 2. The van der Waals surface area contributed by atoms with Gasteiger partial charge in [-0.3, -0.25) is 0 Å². The van der Waals surface area contributed by atoms with Gasteiger partial charge >= 0.3 is 0 Å². The third-order valence-electron chi connectivity index (χ3n) is 4.33. The van der Waals surface area contributed by atoms with E-state index in [0.717, 1.165) is 40.8 Å². The van der Waals surface area contributed by atoms with Crippen molar-refractivity contribution < 1.29 is 4.74 Å². The van der Waals surface area contributed by atoms with Crippen molar-refractivity contribution in [1.82, 2.24) is 10.2 Å². The lowest BCUT2D eigenvalue weighted by molar-refractivity contribution is 0.260. The molecule has 0 amide bonds. The van der Waals surface area contributed by atoms with E-state index in [0.29, 0.717) is 0 Å². The summed E-state index contributed by atoms with van der Waals surface area (Å²) in [7, 11) is 0. The lowest BCUT2D eigenvalue weighted by Crippen LogP contribution is -2.29. The molecule has 0 spiro atoms. The summed E-state index contributed by atoms with van der Waals surface area (Å²) in [5.74, 6) is 0.968. The second-order valence-corrected chi connectivity index (χ2v) is 8.57. The highest BCUT2D eigenvalue weighted by atomic mass is 79.9. The normalized spacial score (nSPS) is 11.3. The molecule has 0 bridgehead atoms. The SMILES string of the molecule is CCCCN(CCCC)CCCNCc1cc(Br)cc(Br)c1OCCC. The van der Waals surface area contributed by atoms with Gasteiger partial charge in [-0.2, -0.15) is 0 Å². The minimum Gasteiger partial charge on any atom is -0.492 e. The maximum absolute atomic E-state index is 5.94. The van der Waals surface area contributed by atoms with Crippen LogP contribution < -0.4 is 10.1 Å². The molecule has 150 valence electrons. The van der Waals surface area contributed by atoms with Gasteiger partial charge in [0.2, 0.25) is 0 Å². The predicted octanol–water partition coefficient (Wildman–Crippen LogP) is 6.38. The van der Waals surface area contributed by atoms with Crippen LogP contribution in [-0.2, 0) is 6.54 Å². The number of hydrogen-bond acceptors (Lipinski definition) is 3. The van der Waals surface area contributed by atoms with Gasteiger partial charge in [0.05, 0.1) is 11.1 Å². The van der Waals surface area contributed by atoms with E-state index in [1.54, 1.807) is 0 Å². The number of rotatable bonds is 15. The summed E-state index contributed by atoms with van der Waals surface area (Å²) in [6.45, 7) is 13.0. The zero-order chi connectivity index (χ0) is 19.2. The molecular formula is C21H36Br2N2O. The fourth-order valence-corrected chi connectivity index (χ4v) is 4.29. The van der Waals surface area contributed by atoms with Gasteiger partial charge < -0.3 is 15.0 Å². The van der Waals surface area contributed by atoms with Gasteiger partial charge in [0.25, 0.3) is 0 Å². The molecule has 0 atom stereocenters. The molecule has 0 radical (unpaired) electrons. The molecule has 0 unspecified atom stereocenters. The highest BCUT2D eigenvalue weighted by molar-refractivity contribution is 9.11. The van der Waals surface area contributed by atoms with E-state index in [1.807, 2.05) is 6.07 Å². The van der Waals surface area contributed by atoms with Crippen molar-refractivity contribution in [1.29, 1.82) is 0 Å². The fourth-order valence-electron chi connectivity index (χ4n) is 2.86. The molecule has 26 heavy (non-hydrogen) atoms. The summed E-state index contributed by atoms with van der Waals surface area (Å²) in [4.78, 5) is 2.63. The van der Waals surface area contributed by atoms with Gasteiger partial charge in [0, 0.05) is 16.6 Å². The number of benzene rings is 1. The molecule has 1 aromatic rings. The Morgan fingerprint density at radius 1 is 0.923 bits per heavy atom. The van der Waals surface area contributed by atoms with Crippen LogP contribution in [0.1, 0.15) is 64.9 Å². The van der Waals surface area contributed by atoms with Crippen molar-refractivity contribution in [3.05, 3.63) is 26.6 Å². The van der Waals surface area contributed by atoms with E-state index < -0.39 is 0 Å². The van der Waals surface area contributed by atoms with Gasteiger partial charge in [-0.1, -0.05) is 49.5 Å². The van der Waals surface area contributed by atoms with Crippen LogP contribution in [0.5, 0.6) is 5.75 Å². The molecule has 0 aliphatic carbocycles. The number of nitrogens with zero attached hydrogens (tertiary/aromatic N) is 1. The quantitative estimate of drug-likeness (QED) is 0.288. The first-order valence-electron chi connectivity index (χ1n) is 10.2. The van der Waals surface area contributed by atoms with Crippen molar-refractivity contribution >= 4 is 31.9 Å². The van der Waals surface area contributed by atoms with E-state index in [1.165, 1.54) is 57.3 Å². The van der Waals surface area contributed by atoms with Crippen molar-refractivity contribution in [2.45, 2.75) is 65.8 Å². The van der Waals surface area contributed by atoms with Crippen molar-refractivity contribution in [3.8, 4) is 5.75 Å². The summed E-state index contributed by atoms with van der Waals surface area (Å²) in [5, 5.41) is 3.59. The first kappa shape index (κ1) is 23.9. The first-order chi connectivity index (χ1) is 12.6. The molecule has 3 nitrogen and oxygen atoms in total. The number of unbranched alkanes of at least 4 members (excludes halogenated alkanes) is 2. The van der Waals surface area contributed by atoms with Gasteiger partial charge in [-0.25, -0.2) is 0 Å². The predicted molar refractivity (Wildman–Crippen MR) is 120 cm³/mol. The summed E-state index contributed by atoms with van der Waals surface area (Å²) >= 11 is 7.21. The van der Waals surface area contributed by atoms with Crippen LogP contribution in [0.2, 0.25) is 0 Å². The molecular weight excluding hydrogens is 456 g/mol. The molecule has 0 aliphatic heterocycles. The zero-order valence-electron chi connectivity index (χ0n) is 16.8. The van der Waals surface area contributed by atoms with Gasteiger partial charge in [0.1, 0.15) is 5.75 Å². The van der Waals surface area contributed by atoms with Crippen LogP contribution in [0.4, 0.5) is 0 Å². The monoisotopic (exact) mass is 490 g/mol. The van der Waals surface area contributed by atoms with E-state index >= 15 is 0 Å². The Bertz CT molecular complexity index is 489. The van der Waals surface area contributed by atoms with Crippen LogP contribution in [0, 0.1) is 0 Å². The second-order valence-electron chi connectivity index (χ2n) is 6.80. The van der Waals surface area contributed by atoms with Crippen LogP contribution >= 0.6 is 31.9 Å². The minimum atomic E-state index is 0.747. The van der Waals surface area contributed by atoms with Gasteiger partial charge in [0.15, 0.2) is 0 Å². The lowest BCUT2D eigenvalue weighted by Gasteiger charge is -2.22. The average Bonchev–Trinajstić information content (AvgIpc) is 2.62. The molecule has 0 saturated heterocycles. The smallest absolute Gasteiger partial charge is 0.138 e. The minimum absolute atomic E-state index is 0.747. The summed E-state index contributed by atoms with van der Waals surface area (Å²) in [6, 6.07) is 4.20. The summed E-state index contributed by atoms with van der Waals surface area (Å²) in [5.41, 5.74) is 1.20. The molecule has 0 fully saturated rings.